The molecule has 0 saturated carbocycles. The van der Waals surface area contributed by atoms with Crippen LogP contribution in [0.25, 0.3) is 22.2 Å². The van der Waals surface area contributed by atoms with E-state index < -0.39 is 5.82 Å². The van der Waals surface area contributed by atoms with E-state index in [1.807, 2.05) is 18.0 Å². The van der Waals surface area contributed by atoms with E-state index in [0.29, 0.717) is 50.9 Å². The van der Waals surface area contributed by atoms with E-state index in [1.165, 1.54) is 29.5 Å². The number of carbonyl (C=O) groups is 1. The Labute approximate surface area is 221 Å². The lowest BCUT2D eigenvalue weighted by Gasteiger charge is -2.57. The Morgan fingerprint density at radius 3 is 2.55 bits per heavy atom. The topological polar surface area (TPSA) is 85.2 Å². The molecule has 1 N–H and O–H groups in total. The molecule has 10 heteroatoms. The predicted octanol–water partition coefficient (Wildman–Crippen LogP) is 4.81. The number of ketones is 1. The van der Waals surface area contributed by atoms with Gasteiger partial charge in [-0.2, -0.15) is 5.26 Å². The molecule has 2 fully saturated rings. The molecule has 0 atom stereocenters. The van der Waals surface area contributed by atoms with Crippen molar-refractivity contribution in [2.45, 2.75) is 12.8 Å². The van der Waals surface area contributed by atoms with Crippen molar-refractivity contribution in [2.75, 3.05) is 43.0 Å². The number of halogens is 2. The van der Waals surface area contributed by atoms with Crippen LogP contribution in [0.5, 0.6) is 0 Å². The lowest BCUT2D eigenvalue weighted by atomic mass is 9.74. The van der Waals surface area contributed by atoms with Crippen LogP contribution in [0.15, 0.2) is 36.4 Å². The number of anilines is 3. The van der Waals surface area contributed by atoms with E-state index in [4.69, 9.17) is 4.98 Å². The number of nitrogens with zero attached hydrogens (tertiary/aromatic N) is 5. The summed E-state index contributed by atoms with van der Waals surface area (Å²) < 4.78 is 29.1. The molecule has 3 aliphatic rings. The van der Waals surface area contributed by atoms with Crippen molar-refractivity contribution in [3.8, 4) is 17.3 Å². The number of nitriles is 1. The maximum atomic E-state index is 15.6. The summed E-state index contributed by atoms with van der Waals surface area (Å²) in [6.45, 7) is 3.69. The zero-order valence-corrected chi connectivity index (χ0v) is 21.3. The molecule has 4 heterocycles. The van der Waals surface area contributed by atoms with Crippen LogP contribution in [0.1, 0.15) is 27.3 Å². The van der Waals surface area contributed by atoms with Crippen LogP contribution in [-0.2, 0) is 6.42 Å². The number of benzene rings is 2. The second-order valence-corrected chi connectivity index (χ2v) is 11.3. The van der Waals surface area contributed by atoms with Crippen molar-refractivity contribution in [3.63, 3.8) is 0 Å². The molecule has 2 aliphatic heterocycles. The third-order valence-electron chi connectivity index (χ3n) is 7.84. The average molecular weight is 529 g/mol. The number of rotatable bonds is 4. The van der Waals surface area contributed by atoms with Gasteiger partial charge in [-0.15, -0.1) is 0 Å². The number of thiazole rings is 1. The van der Waals surface area contributed by atoms with Crippen LogP contribution < -0.4 is 15.1 Å². The van der Waals surface area contributed by atoms with Crippen LogP contribution in [0.4, 0.5) is 25.3 Å². The molecule has 0 radical (unpaired) electrons. The second-order valence-electron chi connectivity index (χ2n) is 10.3. The summed E-state index contributed by atoms with van der Waals surface area (Å²) in [7, 11) is 1.81. The van der Waals surface area contributed by atoms with Gasteiger partial charge in [0.05, 0.1) is 5.69 Å². The van der Waals surface area contributed by atoms with Gasteiger partial charge in [0.1, 0.15) is 33.7 Å². The zero-order valence-electron chi connectivity index (χ0n) is 20.5. The molecule has 7 nitrogen and oxygen atoms in total. The Morgan fingerprint density at radius 1 is 1.11 bits per heavy atom. The molecule has 1 spiro atoms. The lowest BCUT2D eigenvalue weighted by Crippen LogP contribution is -2.71. The van der Waals surface area contributed by atoms with Crippen LogP contribution in [0, 0.1) is 28.4 Å². The lowest BCUT2D eigenvalue weighted by molar-refractivity contribution is 0.0990. The molecule has 2 aromatic carbocycles. The fourth-order valence-electron chi connectivity index (χ4n) is 5.80. The van der Waals surface area contributed by atoms with E-state index >= 15 is 4.39 Å². The summed E-state index contributed by atoms with van der Waals surface area (Å²) in [5, 5.41) is 14.3. The van der Waals surface area contributed by atoms with E-state index in [9.17, 15) is 14.4 Å². The summed E-state index contributed by atoms with van der Waals surface area (Å²) >= 11 is 1.20. The van der Waals surface area contributed by atoms with Gasteiger partial charge in [-0.3, -0.25) is 4.79 Å². The van der Waals surface area contributed by atoms with Crippen molar-refractivity contribution in [3.05, 3.63) is 64.2 Å². The summed E-state index contributed by atoms with van der Waals surface area (Å²) in [6, 6.07) is 11.5. The van der Waals surface area contributed by atoms with Gasteiger partial charge in [-0.1, -0.05) is 11.3 Å². The Balaban J connectivity index is 1.37. The maximum Gasteiger partial charge on any atom is 0.191 e. The van der Waals surface area contributed by atoms with Crippen molar-refractivity contribution in [1.29, 1.82) is 5.26 Å². The van der Waals surface area contributed by atoms with E-state index in [-0.39, 0.29) is 22.5 Å². The summed E-state index contributed by atoms with van der Waals surface area (Å²) in [4.78, 5) is 26.3. The van der Waals surface area contributed by atoms with Crippen LogP contribution in [0.3, 0.4) is 0 Å². The van der Waals surface area contributed by atoms with Crippen LogP contribution in [0.2, 0.25) is 0 Å². The highest BCUT2D eigenvalue weighted by Crippen LogP contribution is 2.45. The highest BCUT2D eigenvalue weighted by atomic mass is 32.1. The first-order valence-electron chi connectivity index (χ1n) is 12.4. The molecule has 7 rings (SSSR count). The summed E-state index contributed by atoms with van der Waals surface area (Å²) in [6.07, 6.45) is 0.820. The number of fused-ring (bicyclic) bond motifs is 2. The van der Waals surface area contributed by atoms with Gasteiger partial charge in [0.15, 0.2) is 16.7 Å². The molecule has 0 unspecified atom stereocenters. The molecule has 1 aliphatic carbocycles. The molecule has 190 valence electrons. The molecule has 38 heavy (non-hydrogen) atoms. The number of aromatic nitrogens is 2. The number of hydrogen-bond acceptors (Lipinski definition) is 8. The predicted molar refractivity (Wildman–Crippen MR) is 142 cm³/mol. The fourth-order valence-corrected chi connectivity index (χ4v) is 6.65. The normalized spacial score (nSPS) is 17.3. The van der Waals surface area contributed by atoms with Gasteiger partial charge in [-0.05, 0) is 42.8 Å². The first-order chi connectivity index (χ1) is 18.4. The third kappa shape index (κ3) is 3.42. The second kappa shape index (κ2) is 8.28. The standard InChI is InChI=1S/C28H22F2N6OS/c1-35(27-34-23(22(10-31)38-27)15-2-4-16(29)5-3-15)26-18-6-7-21(37)25(18)33-24-19(26)8-17(9-20(24)30)36-13-28(14-36)11-32-12-28/h2-5,8-9,32H,6-7,11-14H2,1H3. The van der Waals surface area contributed by atoms with Gasteiger partial charge >= 0.3 is 0 Å². The summed E-state index contributed by atoms with van der Waals surface area (Å²) in [5.41, 5.74) is 4.05. The Bertz CT molecular complexity index is 1680. The Kier molecular flexibility index (Phi) is 5.05. The van der Waals surface area contributed by atoms with E-state index in [0.717, 1.165) is 37.4 Å². The number of Topliss-reactive ketones (excluding diaryl/α,β-unsaturated/α-hetero) is 1. The molecule has 2 aromatic heterocycles. The minimum absolute atomic E-state index is 0.106. The smallest absolute Gasteiger partial charge is 0.191 e. The minimum Gasteiger partial charge on any atom is -0.370 e. The van der Waals surface area contributed by atoms with Gasteiger partial charge < -0.3 is 15.1 Å². The largest absolute Gasteiger partial charge is 0.370 e. The molecule has 0 bridgehead atoms. The fraction of sp³-hybridized carbons (Fsp3) is 0.286. The number of pyridine rings is 1. The van der Waals surface area contributed by atoms with Crippen molar-refractivity contribution in [1.82, 2.24) is 15.3 Å². The Morgan fingerprint density at radius 2 is 1.87 bits per heavy atom. The van der Waals surface area contributed by atoms with Crippen molar-refractivity contribution < 1.29 is 13.6 Å². The van der Waals surface area contributed by atoms with E-state index in [1.54, 1.807) is 12.1 Å². The third-order valence-corrected chi connectivity index (χ3v) is 8.88. The molecule has 2 saturated heterocycles. The van der Waals surface area contributed by atoms with E-state index in [2.05, 4.69) is 21.3 Å². The van der Waals surface area contributed by atoms with Crippen LogP contribution >= 0.6 is 11.3 Å². The number of hydrogen-bond donors (Lipinski definition) is 1. The van der Waals surface area contributed by atoms with Gasteiger partial charge in [0, 0.05) is 67.3 Å². The zero-order chi connectivity index (χ0) is 26.2. The minimum atomic E-state index is -0.466. The highest BCUT2D eigenvalue weighted by Gasteiger charge is 2.47. The van der Waals surface area contributed by atoms with Gasteiger partial charge in [-0.25, -0.2) is 18.7 Å². The average Bonchev–Trinajstić information content (AvgIpc) is 3.45. The maximum absolute atomic E-state index is 15.6. The summed E-state index contributed by atoms with van der Waals surface area (Å²) in [5.74, 6) is -0.944. The number of carbonyl (C=O) groups excluding carboxylic acids is 1. The number of nitrogens with one attached hydrogen (secondary N) is 1. The van der Waals surface area contributed by atoms with Crippen LogP contribution in [-0.4, -0.2) is 49.0 Å². The molecule has 4 aromatic rings. The monoisotopic (exact) mass is 528 g/mol. The molecular weight excluding hydrogens is 506 g/mol. The van der Waals surface area contributed by atoms with Gasteiger partial charge in [0.2, 0.25) is 0 Å². The first kappa shape index (κ1) is 23.2. The molecule has 0 amide bonds. The first-order valence-corrected chi connectivity index (χ1v) is 13.2. The highest BCUT2D eigenvalue weighted by molar-refractivity contribution is 7.16. The Hall–Kier alpha value is -3.94. The quantitative estimate of drug-likeness (QED) is 0.407. The SMILES string of the molecule is CN(c1nc(-c2ccc(F)cc2)c(C#N)s1)c1c2c(nc3c(F)cc(N4CC5(CNC5)C4)cc13)C(=O)CC2. The van der Waals surface area contributed by atoms with Gasteiger partial charge in [0.25, 0.3) is 0 Å². The van der Waals surface area contributed by atoms with Crippen molar-refractivity contribution >= 4 is 44.5 Å². The van der Waals surface area contributed by atoms with Crippen molar-refractivity contribution in [2.24, 2.45) is 5.41 Å². The molecular formula is C28H22F2N6OS.